The summed E-state index contributed by atoms with van der Waals surface area (Å²) < 4.78 is 26.6. The number of para-hydroxylation sites is 1. The maximum absolute atomic E-state index is 13.4. The molecule has 0 unspecified atom stereocenters. The molecule has 0 fully saturated rings. The van der Waals surface area contributed by atoms with Crippen LogP contribution >= 0.6 is 0 Å². The average Bonchev–Trinajstić information content (AvgIpc) is 2.49. The van der Waals surface area contributed by atoms with E-state index in [9.17, 15) is 13.6 Å². The van der Waals surface area contributed by atoms with E-state index in [4.69, 9.17) is 0 Å². The first-order chi connectivity index (χ1) is 10.1. The van der Waals surface area contributed by atoms with Crippen LogP contribution in [-0.4, -0.2) is 12.5 Å². The minimum atomic E-state index is -0.991. The molecule has 0 aromatic heterocycles. The molecule has 0 radical (unpaired) electrons. The Kier molecular flexibility index (Phi) is 3.45. The van der Waals surface area contributed by atoms with Crippen LogP contribution in [0.15, 0.2) is 36.4 Å². The third-order valence-corrected chi connectivity index (χ3v) is 3.85. The molecule has 1 amide bonds. The summed E-state index contributed by atoms with van der Waals surface area (Å²) in [5, 5.41) is 0. The standard InChI is InChI=1S/C17H15F2NO/c1-11-9-14(18)15(19)10-13(11)17(21)20-8-4-6-12-5-2-3-7-16(12)20/h2-3,5,7,9-10H,4,6,8H2,1H3. The van der Waals surface area contributed by atoms with Crippen molar-refractivity contribution in [3.8, 4) is 0 Å². The van der Waals surface area contributed by atoms with Crippen molar-refractivity contribution in [2.45, 2.75) is 19.8 Å². The number of hydrogen-bond donors (Lipinski definition) is 0. The van der Waals surface area contributed by atoms with Crippen molar-refractivity contribution < 1.29 is 13.6 Å². The van der Waals surface area contributed by atoms with E-state index in [2.05, 4.69) is 0 Å². The number of anilines is 1. The molecule has 1 heterocycles. The Labute approximate surface area is 122 Å². The van der Waals surface area contributed by atoms with Crippen LogP contribution in [0.3, 0.4) is 0 Å². The Hall–Kier alpha value is -2.23. The summed E-state index contributed by atoms with van der Waals surface area (Å²) in [6, 6.07) is 9.76. The normalized spacial score (nSPS) is 14.0. The smallest absolute Gasteiger partial charge is 0.258 e. The highest BCUT2D eigenvalue weighted by Gasteiger charge is 2.25. The average molecular weight is 287 g/mol. The zero-order valence-corrected chi connectivity index (χ0v) is 11.7. The summed E-state index contributed by atoms with van der Waals surface area (Å²) in [4.78, 5) is 14.3. The minimum Gasteiger partial charge on any atom is -0.308 e. The molecule has 0 N–H and O–H groups in total. The van der Waals surface area contributed by atoms with Gasteiger partial charge < -0.3 is 4.90 Å². The van der Waals surface area contributed by atoms with E-state index < -0.39 is 11.6 Å². The first-order valence-corrected chi connectivity index (χ1v) is 6.93. The van der Waals surface area contributed by atoms with Crippen LogP contribution in [-0.2, 0) is 6.42 Å². The topological polar surface area (TPSA) is 20.3 Å². The van der Waals surface area contributed by atoms with Gasteiger partial charge in [-0.15, -0.1) is 0 Å². The SMILES string of the molecule is Cc1cc(F)c(F)cc1C(=O)N1CCCc2ccccc21. The lowest BCUT2D eigenvalue weighted by Crippen LogP contribution is -2.36. The van der Waals surface area contributed by atoms with Crippen LogP contribution in [0.4, 0.5) is 14.5 Å². The van der Waals surface area contributed by atoms with Crippen LogP contribution in [0.1, 0.15) is 27.9 Å². The number of carbonyl (C=O) groups is 1. The van der Waals surface area contributed by atoms with Crippen molar-refractivity contribution in [3.05, 3.63) is 64.7 Å². The molecule has 108 valence electrons. The molecule has 1 aliphatic heterocycles. The number of benzene rings is 2. The molecular formula is C17H15F2NO. The van der Waals surface area contributed by atoms with E-state index in [0.29, 0.717) is 12.1 Å². The molecule has 4 heteroatoms. The maximum atomic E-state index is 13.4. The molecule has 0 aliphatic carbocycles. The summed E-state index contributed by atoms with van der Waals surface area (Å²) in [6.45, 7) is 2.21. The van der Waals surface area contributed by atoms with E-state index in [1.807, 2.05) is 24.3 Å². The fourth-order valence-electron chi connectivity index (χ4n) is 2.77. The molecule has 3 rings (SSSR count). The van der Waals surface area contributed by atoms with E-state index in [1.54, 1.807) is 11.8 Å². The fraction of sp³-hybridized carbons (Fsp3) is 0.235. The zero-order chi connectivity index (χ0) is 15.0. The molecule has 0 atom stereocenters. The van der Waals surface area contributed by atoms with Gasteiger partial charge in [0.05, 0.1) is 0 Å². The summed E-state index contributed by atoms with van der Waals surface area (Å²) in [5.41, 5.74) is 2.63. The van der Waals surface area contributed by atoms with E-state index in [1.165, 1.54) is 0 Å². The predicted molar refractivity (Wildman–Crippen MR) is 77.5 cm³/mol. The lowest BCUT2D eigenvalue weighted by molar-refractivity contribution is 0.0984. The number of fused-ring (bicyclic) bond motifs is 1. The maximum Gasteiger partial charge on any atom is 0.258 e. The first-order valence-electron chi connectivity index (χ1n) is 6.93. The van der Waals surface area contributed by atoms with Gasteiger partial charge in [0.2, 0.25) is 0 Å². The minimum absolute atomic E-state index is 0.214. The predicted octanol–water partition coefficient (Wildman–Crippen LogP) is 3.87. The fourth-order valence-corrected chi connectivity index (χ4v) is 2.77. The molecule has 21 heavy (non-hydrogen) atoms. The number of halogens is 2. The zero-order valence-electron chi connectivity index (χ0n) is 11.7. The number of carbonyl (C=O) groups excluding carboxylic acids is 1. The van der Waals surface area contributed by atoms with Crippen molar-refractivity contribution in [2.75, 3.05) is 11.4 Å². The van der Waals surface area contributed by atoms with Gasteiger partial charge in [0, 0.05) is 17.8 Å². The Balaban J connectivity index is 2.03. The highest BCUT2D eigenvalue weighted by Crippen LogP contribution is 2.29. The quantitative estimate of drug-likeness (QED) is 0.779. The third kappa shape index (κ3) is 2.42. The van der Waals surface area contributed by atoms with Gasteiger partial charge in [-0.05, 0) is 49.1 Å². The number of amides is 1. The number of aryl methyl sites for hydroxylation is 2. The molecule has 2 aromatic carbocycles. The van der Waals surface area contributed by atoms with Gasteiger partial charge in [-0.25, -0.2) is 8.78 Å². The van der Waals surface area contributed by atoms with Gasteiger partial charge in [-0.2, -0.15) is 0 Å². The Morgan fingerprint density at radius 2 is 1.86 bits per heavy atom. The lowest BCUT2D eigenvalue weighted by Gasteiger charge is -2.30. The van der Waals surface area contributed by atoms with E-state index >= 15 is 0 Å². The molecule has 2 nitrogen and oxygen atoms in total. The lowest BCUT2D eigenvalue weighted by atomic mass is 9.99. The van der Waals surface area contributed by atoms with Crippen molar-refractivity contribution in [3.63, 3.8) is 0 Å². The van der Waals surface area contributed by atoms with Crippen molar-refractivity contribution >= 4 is 11.6 Å². The molecular weight excluding hydrogens is 272 g/mol. The second-order valence-corrected chi connectivity index (χ2v) is 5.27. The van der Waals surface area contributed by atoms with Gasteiger partial charge in [0.25, 0.3) is 5.91 Å². The van der Waals surface area contributed by atoms with Crippen LogP contribution < -0.4 is 4.90 Å². The van der Waals surface area contributed by atoms with Gasteiger partial charge in [0.15, 0.2) is 11.6 Å². The van der Waals surface area contributed by atoms with Crippen LogP contribution in [0.5, 0.6) is 0 Å². The summed E-state index contributed by atoms with van der Waals surface area (Å²) >= 11 is 0. The van der Waals surface area contributed by atoms with Crippen molar-refractivity contribution in [1.29, 1.82) is 0 Å². The highest BCUT2D eigenvalue weighted by molar-refractivity contribution is 6.07. The molecule has 1 aliphatic rings. The summed E-state index contributed by atoms with van der Waals surface area (Å²) in [6.07, 6.45) is 1.79. The highest BCUT2D eigenvalue weighted by atomic mass is 19.2. The van der Waals surface area contributed by atoms with E-state index in [-0.39, 0.29) is 11.5 Å². The Morgan fingerprint density at radius 1 is 1.14 bits per heavy atom. The largest absolute Gasteiger partial charge is 0.308 e. The van der Waals surface area contributed by atoms with Crippen molar-refractivity contribution in [1.82, 2.24) is 0 Å². The number of rotatable bonds is 1. The first kappa shape index (κ1) is 13.7. The van der Waals surface area contributed by atoms with Gasteiger partial charge in [0.1, 0.15) is 0 Å². The van der Waals surface area contributed by atoms with Crippen LogP contribution in [0.25, 0.3) is 0 Å². The van der Waals surface area contributed by atoms with Crippen LogP contribution in [0, 0.1) is 18.6 Å². The second kappa shape index (κ2) is 5.28. The van der Waals surface area contributed by atoms with Crippen LogP contribution in [0.2, 0.25) is 0 Å². The number of nitrogens with zero attached hydrogens (tertiary/aromatic N) is 1. The Morgan fingerprint density at radius 3 is 2.67 bits per heavy atom. The van der Waals surface area contributed by atoms with Crippen molar-refractivity contribution in [2.24, 2.45) is 0 Å². The molecule has 2 aromatic rings. The second-order valence-electron chi connectivity index (χ2n) is 5.27. The van der Waals surface area contributed by atoms with Gasteiger partial charge in [-0.1, -0.05) is 18.2 Å². The van der Waals surface area contributed by atoms with E-state index in [0.717, 1.165) is 36.2 Å². The van der Waals surface area contributed by atoms with Gasteiger partial charge in [-0.3, -0.25) is 4.79 Å². The third-order valence-electron chi connectivity index (χ3n) is 3.85. The molecule has 0 saturated carbocycles. The molecule has 0 bridgehead atoms. The summed E-state index contributed by atoms with van der Waals surface area (Å²) in [5.74, 6) is -2.20. The number of hydrogen-bond acceptors (Lipinski definition) is 1. The van der Waals surface area contributed by atoms with Gasteiger partial charge >= 0.3 is 0 Å². The monoisotopic (exact) mass is 287 g/mol. The molecule has 0 spiro atoms. The summed E-state index contributed by atoms with van der Waals surface area (Å²) in [7, 11) is 0. The Bertz CT molecular complexity index is 712. The molecule has 0 saturated heterocycles.